The zero-order valence-corrected chi connectivity index (χ0v) is 28.8. The first kappa shape index (κ1) is 30.8. The summed E-state index contributed by atoms with van der Waals surface area (Å²) >= 11 is 0. The van der Waals surface area contributed by atoms with Crippen LogP contribution in [0.15, 0.2) is 176 Å². The van der Waals surface area contributed by atoms with Gasteiger partial charge in [0.1, 0.15) is 5.82 Å². The van der Waals surface area contributed by atoms with E-state index in [9.17, 15) is 0 Å². The van der Waals surface area contributed by atoms with Crippen molar-refractivity contribution < 1.29 is 0 Å². The second-order valence-electron chi connectivity index (χ2n) is 13.4. The smallest absolute Gasteiger partial charge is 0.145 e. The minimum Gasteiger partial charge on any atom is -0.292 e. The number of hydrogen-bond acceptors (Lipinski definition) is 1. The van der Waals surface area contributed by atoms with E-state index in [2.05, 4.69) is 187 Å². The Morgan fingerprint density at radius 3 is 1.61 bits per heavy atom. The number of rotatable bonds is 8. The minimum atomic E-state index is 0.941. The van der Waals surface area contributed by atoms with Crippen molar-refractivity contribution in [3.05, 3.63) is 181 Å². The van der Waals surface area contributed by atoms with Crippen LogP contribution in [0.2, 0.25) is 0 Å². The van der Waals surface area contributed by atoms with Crippen LogP contribution in [0.4, 0.5) is 0 Å². The normalized spacial score (nSPS) is 11.5. The van der Waals surface area contributed by atoms with E-state index in [1.165, 1.54) is 67.8 Å². The van der Waals surface area contributed by atoms with Crippen LogP contribution in [0.3, 0.4) is 0 Å². The van der Waals surface area contributed by atoms with Gasteiger partial charge < -0.3 is 0 Å². The van der Waals surface area contributed by atoms with E-state index in [0.29, 0.717) is 0 Å². The fraction of sp³-hybridized carbons (Fsp3) is 0.0816. The molecule has 0 saturated carbocycles. The maximum atomic E-state index is 5.26. The summed E-state index contributed by atoms with van der Waals surface area (Å²) < 4.78 is 2.27. The predicted molar refractivity (Wildman–Crippen MR) is 216 cm³/mol. The van der Waals surface area contributed by atoms with E-state index in [-0.39, 0.29) is 0 Å². The summed E-state index contributed by atoms with van der Waals surface area (Å²) in [7, 11) is 0. The molecule has 0 spiro atoms. The number of aromatic nitrogens is 2. The summed E-state index contributed by atoms with van der Waals surface area (Å²) in [6.45, 7) is 2.27. The number of benzene rings is 8. The molecule has 9 rings (SSSR count). The molecule has 0 aliphatic heterocycles. The van der Waals surface area contributed by atoms with Crippen molar-refractivity contribution in [2.24, 2.45) is 0 Å². The molecule has 0 saturated heterocycles. The van der Waals surface area contributed by atoms with Crippen molar-refractivity contribution in [2.45, 2.75) is 26.2 Å². The van der Waals surface area contributed by atoms with Crippen molar-refractivity contribution in [3.63, 3.8) is 0 Å². The number of imidazole rings is 1. The molecule has 2 nitrogen and oxygen atoms in total. The second kappa shape index (κ2) is 13.2. The molecule has 0 radical (unpaired) electrons. The maximum Gasteiger partial charge on any atom is 0.145 e. The molecule has 51 heavy (non-hydrogen) atoms. The number of fused-ring (bicyclic) bond motifs is 3. The third-order valence-corrected chi connectivity index (χ3v) is 10.2. The Labute approximate surface area is 299 Å². The Balaban J connectivity index is 1.29. The van der Waals surface area contributed by atoms with Crippen molar-refractivity contribution in [3.8, 4) is 50.5 Å². The highest BCUT2D eigenvalue weighted by molar-refractivity contribution is 6.22. The van der Waals surface area contributed by atoms with Gasteiger partial charge in [0.15, 0.2) is 0 Å². The maximum absolute atomic E-state index is 5.26. The summed E-state index contributed by atoms with van der Waals surface area (Å²) in [5, 5.41) is 5.13. The van der Waals surface area contributed by atoms with Gasteiger partial charge in [0.25, 0.3) is 0 Å². The van der Waals surface area contributed by atoms with Gasteiger partial charge in [-0.2, -0.15) is 0 Å². The van der Waals surface area contributed by atoms with E-state index in [0.717, 1.165) is 40.1 Å². The van der Waals surface area contributed by atoms with E-state index < -0.39 is 0 Å². The van der Waals surface area contributed by atoms with Crippen LogP contribution in [0.25, 0.3) is 83.0 Å². The number of nitrogens with zero attached hydrogens (tertiary/aromatic N) is 2. The van der Waals surface area contributed by atoms with Crippen molar-refractivity contribution in [1.82, 2.24) is 9.55 Å². The van der Waals surface area contributed by atoms with Gasteiger partial charge in [-0.15, -0.1) is 0 Å². The number of hydrogen-bond donors (Lipinski definition) is 0. The highest BCUT2D eigenvalue weighted by Crippen LogP contribution is 2.45. The van der Waals surface area contributed by atoms with E-state index in [4.69, 9.17) is 4.98 Å². The van der Waals surface area contributed by atoms with E-state index in [1.807, 2.05) is 0 Å². The molecule has 1 heterocycles. The van der Waals surface area contributed by atoms with Crippen LogP contribution in [0.5, 0.6) is 0 Å². The molecule has 0 unspecified atom stereocenters. The first-order chi connectivity index (χ1) is 25.3. The van der Waals surface area contributed by atoms with Gasteiger partial charge in [-0.05, 0) is 104 Å². The van der Waals surface area contributed by atoms with Gasteiger partial charge in [0, 0.05) is 11.3 Å². The summed E-state index contributed by atoms with van der Waals surface area (Å²) in [6, 6.07) is 63.8. The van der Waals surface area contributed by atoms with Crippen LogP contribution in [0, 0.1) is 0 Å². The lowest BCUT2D eigenvalue weighted by Crippen LogP contribution is -1.97. The molecular formula is C49H38N2. The molecule has 244 valence electrons. The van der Waals surface area contributed by atoms with Crippen molar-refractivity contribution in [2.75, 3.05) is 0 Å². The molecule has 8 aromatic carbocycles. The van der Waals surface area contributed by atoms with Crippen LogP contribution in [0.1, 0.15) is 25.3 Å². The van der Waals surface area contributed by atoms with Crippen LogP contribution in [-0.4, -0.2) is 9.55 Å². The SMILES string of the molecule is CCCCc1ccc2c(-c3ccccc3)c3cc(-c4ccc5c(c4)nc(-c4ccccc4)n5-c4ccccc4)ccc3c(-c3ccccc3)c2c1. The summed E-state index contributed by atoms with van der Waals surface area (Å²) in [4.78, 5) is 5.26. The highest BCUT2D eigenvalue weighted by Gasteiger charge is 2.19. The summed E-state index contributed by atoms with van der Waals surface area (Å²) in [5.41, 5.74) is 13.0. The lowest BCUT2D eigenvalue weighted by molar-refractivity contribution is 0.796. The molecular weight excluding hydrogens is 617 g/mol. The lowest BCUT2D eigenvalue weighted by atomic mass is 9.84. The Bertz CT molecular complexity index is 2640. The highest BCUT2D eigenvalue weighted by atomic mass is 15.1. The van der Waals surface area contributed by atoms with E-state index in [1.54, 1.807) is 0 Å². The molecule has 2 heteroatoms. The Morgan fingerprint density at radius 2 is 0.980 bits per heavy atom. The topological polar surface area (TPSA) is 17.8 Å². The van der Waals surface area contributed by atoms with Crippen LogP contribution in [-0.2, 0) is 6.42 Å². The Hall–Kier alpha value is -6.25. The lowest BCUT2D eigenvalue weighted by Gasteiger charge is -2.19. The third kappa shape index (κ3) is 5.59. The van der Waals surface area contributed by atoms with Crippen LogP contribution < -0.4 is 0 Å². The van der Waals surface area contributed by atoms with Gasteiger partial charge in [-0.1, -0.05) is 159 Å². The molecule has 0 fully saturated rings. The van der Waals surface area contributed by atoms with Crippen molar-refractivity contribution in [1.29, 1.82) is 0 Å². The molecule has 0 N–H and O–H groups in total. The largest absolute Gasteiger partial charge is 0.292 e. The van der Waals surface area contributed by atoms with Crippen molar-refractivity contribution >= 4 is 32.6 Å². The number of unbranched alkanes of at least 4 members (excludes halogenated alkanes) is 1. The monoisotopic (exact) mass is 654 g/mol. The Kier molecular flexibility index (Phi) is 7.98. The number of aryl methyl sites for hydroxylation is 1. The fourth-order valence-corrected chi connectivity index (χ4v) is 7.70. The first-order valence-corrected chi connectivity index (χ1v) is 18.0. The third-order valence-electron chi connectivity index (χ3n) is 10.2. The zero-order valence-electron chi connectivity index (χ0n) is 28.8. The van der Waals surface area contributed by atoms with Gasteiger partial charge in [0.2, 0.25) is 0 Å². The minimum absolute atomic E-state index is 0.941. The van der Waals surface area contributed by atoms with Crippen LogP contribution >= 0.6 is 0 Å². The van der Waals surface area contributed by atoms with Gasteiger partial charge in [0.05, 0.1) is 11.0 Å². The van der Waals surface area contributed by atoms with Gasteiger partial charge in [-0.3, -0.25) is 4.57 Å². The average molecular weight is 655 g/mol. The Morgan fingerprint density at radius 1 is 0.451 bits per heavy atom. The quantitative estimate of drug-likeness (QED) is 0.149. The molecule has 0 amide bonds. The molecule has 9 aromatic rings. The van der Waals surface area contributed by atoms with E-state index >= 15 is 0 Å². The molecule has 0 atom stereocenters. The summed E-state index contributed by atoms with van der Waals surface area (Å²) in [5.74, 6) is 0.941. The first-order valence-electron chi connectivity index (χ1n) is 18.0. The molecule has 0 aliphatic carbocycles. The summed E-state index contributed by atoms with van der Waals surface area (Å²) in [6.07, 6.45) is 3.47. The average Bonchev–Trinajstić information content (AvgIpc) is 3.59. The fourth-order valence-electron chi connectivity index (χ4n) is 7.70. The van der Waals surface area contributed by atoms with Gasteiger partial charge in [-0.25, -0.2) is 4.98 Å². The van der Waals surface area contributed by atoms with Gasteiger partial charge >= 0.3 is 0 Å². The molecule has 0 aliphatic rings. The predicted octanol–water partition coefficient (Wildman–Crippen LogP) is 13.3. The molecule has 1 aromatic heterocycles. The second-order valence-corrected chi connectivity index (χ2v) is 13.4. The number of para-hydroxylation sites is 1. The molecule has 0 bridgehead atoms. The standard InChI is InChI=1S/C49H38N2/c1-2-3-16-34-25-28-41-43(31-34)47(35-17-8-4-9-18-35)42-29-26-38(32-44(42)48(41)36-19-10-5-11-20-36)39-27-30-46-45(33-39)50-49(37-21-12-6-13-22-37)51(46)40-23-14-7-15-24-40/h4-15,17-33H,2-3,16H2,1H3. The zero-order chi connectivity index (χ0) is 34.1.